The lowest BCUT2D eigenvalue weighted by atomic mass is 9.86. The fourth-order valence-electron chi connectivity index (χ4n) is 7.54. The summed E-state index contributed by atoms with van der Waals surface area (Å²) in [6, 6.07) is 61.4. The van der Waals surface area contributed by atoms with Crippen molar-refractivity contribution in [3.63, 3.8) is 0 Å². The van der Waals surface area contributed by atoms with E-state index in [1.54, 1.807) is 0 Å². The fourth-order valence-corrected chi connectivity index (χ4v) is 7.54. The summed E-state index contributed by atoms with van der Waals surface area (Å²) in [7, 11) is 0. The second-order valence-corrected chi connectivity index (χ2v) is 14.2. The molecule has 0 aliphatic heterocycles. The van der Waals surface area contributed by atoms with Crippen LogP contribution in [0.25, 0.3) is 65.7 Å². The highest BCUT2D eigenvalue weighted by Gasteiger charge is 2.20. The summed E-state index contributed by atoms with van der Waals surface area (Å²) in [5.41, 5.74) is 11.4. The van der Waals surface area contributed by atoms with Crippen LogP contribution in [0.5, 0.6) is 0 Å². The van der Waals surface area contributed by atoms with E-state index < -0.39 is 0 Å². The first kappa shape index (κ1) is 30.0. The number of fused-ring (bicyclic) bond motifs is 5. The van der Waals surface area contributed by atoms with E-state index in [0.717, 1.165) is 39.0 Å². The molecule has 0 aliphatic carbocycles. The van der Waals surface area contributed by atoms with Crippen molar-refractivity contribution in [2.24, 2.45) is 0 Å². The molecule has 0 bridgehead atoms. The van der Waals surface area contributed by atoms with E-state index in [-0.39, 0.29) is 5.41 Å². The van der Waals surface area contributed by atoms with Crippen molar-refractivity contribution >= 4 is 60.5 Å². The van der Waals surface area contributed by atoms with Gasteiger partial charge in [-0.05, 0) is 103 Å². The summed E-state index contributed by atoms with van der Waals surface area (Å²) < 4.78 is 6.20. The fraction of sp³-hybridized carbons (Fsp3) is 0.0833. The molecule has 0 fully saturated rings. The number of benzene rings is 8. The molecule has 1 heterocycles. The van der Waals surface area contributed by atoms with Gasteiger partial charge in [0.25, 0.3) is 0 Å². The topological polar surface area (TPSA) is 16.4 Å². The maximum absolute atomic E-state index is 6.20. The molecule has 0 spiro atoms. The Bertz CT molecular complexity index is 2600. The summed E-state index contributed by atoms with van der Waals surface area (Å²) in [5.74, 6) is 0. The average molecular weight is 644 g/mol. The zero-order valence-electron chi connectivity index (χ0n) is 28.5. The molecule has 50 heavy (non-hydrogen) atoms. The summed E-state index contributed by atoms with van der Waals surface area (Å²) in [4.78, 5) is 2.35. The van der Waals surface area contributed by atoms with Crippen LogP contribution in [-0.2, 0) is 5.41 Å². The lowest BCUT2D eigenvalue weighted by Crippen LogP contribution is -2.13. The molecular weight excluding hydrogens is 607 g/mol. The van der Waals surface area contributed by atoms with Crippen LogP contribution in [0.4, 0.5) is 17.1 Å². The monoisotopic (exact) mass is 643 g/mol. The van der Waals surface area contributed by atoms with E-state index in [2.05, 4.69) is 183 Å². The van der Waals surface area contributed by atoms with Gasteiger partial charge in [0.2, 0.25) is 0 Å². The van der Waals surface area contributed by atoms with Gasteiger partial charge < -0.3 is 9.32 Å². The molecule has 2 nitrogen and oxygen atoms in total. The lowest BCUT2D eigenvalue weighted by Gasteiger charge is -2.27. The molecule has 0 saturated heterocycles. The highest BCUT2D eigenvalue weighted by molar-refractivity contribution is 6.21. The van der Waals surface area contributed by atoms with Gasteiger partial charge in [-0.25, -0.2) is 0 Å². The first-order valence-corrected chi connectivity index (χ1v) is 17.4. The van der Waals surface area contributed by atoms with Gasteiger partial charge in [-0.1, -0.05) is 142 Å². The SMILES string of the molecule is CC(C)(C)c1ccc(N(c2ccc(-c3c4ccccc4c(-c4ccccc4)c4ccccc34)cc2)c2ccc3oc4ccccc4c3c2)cc1. The molecule has 0 aliphatic rings. The molecule has 1 aromatic heterocycles. The summed E-state index contributed by atoms with van der Waals surface area (Å²) in [6.07, 6.45) is 0. The minimum atomic E-state index is 0.0707. The highest BCUT2D eigenvalue weighted by atomic mass is 16.3. The van der Waals surface area contributed by atoms with Crippen molar-refractivity contribution in [1.29, 1.82) is 0 Å². The van der Waals surface area contributed by atoms with Gasteiger partial charge in [0.05, 0.1) is 0 Å². The third-order valence-corrected chi connectivity index (χ3v) is 10.0. The number of hydrogen-bond donors (Lipinski definition) is 0. The van der Waals surface area contributed by atoms with Crippen LogP contribution in [0.1, 0.15) is 26.3 Å². The first-order chi connectivity index (χ1) is 24.4. The molecule has 9 rings (SSSR count). The molecular formula is C48H37NO. The third kappa shape index (κ3) is 5.04. The Morgan fingerprint density at radius 3 is 1.38 bits per heavy atom. The standard InChI is InChI=1S/C48H37NO/c1-48(2,3)34-23-27-36(28-24-34)49(37-29-30-45-43(31-37)38-15-11-12-20-44(38)50-45)35-25-21-33(22-26-35)47-41-18-9-7-16-39(41)46(32-13-5-4-6-14-32)40-17-8-10-19-42(40)47/h4-31H,1-3H3. The second kappa shape index (κ2) is 11.8. The normalized spacial score (nSPS) is 11.9. The van der Waals surface area contributed by atoms with Crippen LogP contribution in [0.2, 0.25) is 0 Å². The molecule has 9 aromatic rings. The Hall–Kier alpha value is -6.12. The van der Waals surface area contributed by atoms with E-state index in [1.807, 2.05) is 12.1 Å². The average Bonchev–Trinajstić information content (AvgIpc) is 3.53. The van der Waals surface area contributed by atoms with Crippen LogP contribution in [0, 0.1) is 0 Å². The van der Waals surface area contributed by atoms with E-state index in [0.29, 0.717) is 0 Å². The zero-order valence-corrected chi connectivity index (χ0v) is 28.5. The minimum absolute atomic E-state index is 0.0707. The van der Waals surface area contributed by atoms with E-state index >= 15 is 0 Å². The number of rotatable bonds is 5. The number of nitrogens with zero attached hydrogens (tertiary/aromatic N) is 1. The number of hydrogen-bond acceptors (Lipinski definition) is 2. The molecule has 0 saturated carbocycles. The van der Waals surface area contributed by atoms with Crippen LogP contribution in [0.3, 0.4) is 0 Å². The predicted molar refractivity (Wildman–Crippen MR) is 213 cm³/mol. The summed E-state index contributed by atoms with van der Waals surface area (Å²) in [5, 5.41) is 7.27. The van der Waals surface area contributed by atoms with Crippen molar-refractivity contribution in [3.8, 4) is 22.3 Å². The van der Waals surface area contributed by atoms with Gasteiger partial charge >= 0.3 is 0 Å². The number of para-hydroxylation sites is 1. The number of furan rings is 1. The number of anilines is 3. The van der Waals surface area contributed by atoms with E-state index in [9.17, 15) is 0 Å². The highest BCUT2D eigenvalue weighted by Crippen LogP contribution is 2.45. The van der Waals surface area contributed by atoms with E-state index in [1.165, 1.54) is 49.4 Å². The molecule has 2 heteroatoms. The third-order valence-electron chi connectivity index (χ3n) is 10.0. The van der Waals surface area contributed by atoms with Crippen LogP contribution >= 0.6 is 0 Å². The molecule has 0 atom stereocenters. The predicted octanol–water partition coefficient (Wildman–Crippen LogP) is 14.0. The van der Waals surface area contributed by atoms with Crippen molar-refractivity contribution in [1.82, 2.24) is 0 Å². The van der Waals surface area contributed by atoms with Gasteiger partial charge in [0.15, 0.2) is 0 Å². The molecule has 240 valence electrons. The zero-order chi connectivity index (χ0) is 33.8. The quantitative estimate of drug-likeness (QED) is 0.174. The van der Waals surface area contributed by atoms with Gasteiger partial charge in [0, 0.05) is 27.8 Å². The molecule has 0 unspecified atom stereocenters. The Labute approximate surface area is 292 Å². The van der Waals surface area contributed by atoms with Crippen LogP contribution < -0.4 is 4.90 Å². The lowest BCUT2D eigenvalue weighted by molar-refractivity contribution is 0.590. The largest absolute Gasteiger partial charge is 0.456 e. The van der Waals surface area contributed by atoms with Crippen molar-refractivity contribution in [2.75, 3.05) is 4.90 Å². The second-order valence-electron chi connectivity index (χ2n) is 14.2. The maximum atomic E-state index is 6.20. The Morgan fingerprint density at radius 2 is 0.820 bits per heavy atom. The molecule has 0 amide bonds. The molecule has 0 N–H and O–H groups in total. The van der Waals surface area contributed by atoms with E-state index in [4.69, 9.17) is 4.42 Å². The van der Waals surface area contributed by atoms with Gasteiger partial charge in [-0.15, -0.1) is 0 Å². The van der Waals surface area contributed by atoms with Crippen LogP contribution in [-0.4, -0.2) is 0 Å². The maximum Gasteiger partial charge on any atom is 0.135 e. The minimum Gasteiger partial charge on any atom is -0.456 e. The molecule has 8 aromatic carbocycles. The van der Waals surface area contributed by atoms with Crippen molar-refractivity contribution in [2.45, 2.75) is 26.2 Å². The first-order valence-electron chi connectivity index (χ1n) is 17.4. The van der Waals surface area contributed by atoms with Crippen molar-refractivity contribution in [3.05, 3.63) is 175 Å². The summed E-state index contributed by atoms with van der Waals surface area (Å²) >= 11 is 0. The van der Waals surface area contributed by atoms with Crippen LogP contribution in [0.15, 0.2) is 174 Å². The molecule has 0 radical (unpaired) electrons. The van der Waals surface area contributed by atoms with Gasteiger partial charge in [0.1, 0.15) is 11.2 Å². The Balaban J connectivity index is 1.22. The Kier molecular flexibility index (Phi) is 7.07. The van der Waals surface area contributed by atoms with Crippen molar-refractivity contribution < 1.29 is 4.42 Å². The smallest absolute Gasteiger partial charge is 0.135 e. The van der Waals surface area contributed by atoms with Gasteiger partial charge in [-0.2, -0.15) is 0 Å². The van der Waals surface area contributed by atoms with Gasteiger partial charge in [-0.3, -0.25) is 0 Å². The Morgan fingerprint density at radius 1 is 0.380 bits per heavy atom. The summed E-state index contributed by atoms with van der Waals surface area (Å²) in [6.45, 7) is 6.78.